The van der Waals surface area contributed by atoms with Crippen molar-refractivity contribution in [1.29, 1.82) is 0 Å². The summed E-state index contributed by atoms with van der Waals surface area (Å²) in [7, 11) is 0. The molecule has 1 aliphatic rings. The molecule has 19 heavy (non-hydrogen) atoms. The molecule has 2 heterocycles. The van der Waals surface area contributed by atoms with Gasteiger partial charge in [-0.1, -0.05) is 12.1 Å². The van der Waals surface area contributed by atoms with Gasteiger partial charge < -0.3 is 9.73 Å². The maximum Gasteiger partial charge on any atom is 0.262 e. The summed E-state index contributed by atoms with van der Waals surface area (Å²) >= 11 is 0. The summed E-state index contributed by atoms with van der Waals surface area (Å²) < 4.78 is 5.14. The molecule has 5 heteroatoms. The Balaban J connectivity index is 2.04. The minimum Gasteiger partial charge on any atom is -0.469 e. The van der Waals surface area contributed by atoms with Gasteiger partial charge in [0.15, 0.2) is 0 Å². The molecule has 3 rings (SSSR count). The Bertz CT molecular complexity index is 660. The molecular formula is C14H12N2O3. The van der Waals surface area contributed by atoms with E-state index in [0.717, 1.165) is 0 Å². The second kappa shape index (κ2) is 4.28. The molecule has 96 valence electrons. The maximum atomic E-state index is 12.5. The number of aryl methyl sites for hydroxylation is 1. The van der Waals surface area contributed by atoms with Gasteiger partial charge in [0, 0.05) is 0 Å². The highest BCUT2D eigenvalue weighted by atomic mass is 16.3. The average molecular weight is 256 g/mol. The van der Waals surface area contributed by atoms with Gasteiger partial charge in [0.1, 0.15) is 12.3 Å². The lowest BCUT2D eigenvalue weighted by Gasteiger charge is -2.28. The molecule has 0 atom stereocenters. The minimum absolute atomic E-state index is 0.0144. The summed E-state index contributed by atoms with van der Waals surface area (Å²) in [5.74, 6) is 0.121. The van der Waals surface area contributed by atoms with Crippen LogP contribution in [0.5, 0.6) is 0 Å². The van der Waals surface area contributed by atoms with Gasteiger partial charge in [-0.25, -0.2) is 0 Å². The molecule has 0 saturated carbocycles. The van der Waals surface area contributed by atoms with Gasteiger partial charge in [0.05, 0.1) is 23.2 Å². The second-order valence-corrected chi connectivity index (χ2v) is 4.35. The molecule has 0 unspecified atom stereocenters. The van der Waals surface area contributed by atoms with Crippen LogP contribution in [0.2, 0.25) is 0 Å². The van der Waals surface area contributed by atoms with Crippen LogP contribution in [0.1, 0.15) is 16.1 Å². The van der Waals surface area contributed by atoms with Crippen LogP contribution in [0.4, 0.5) is 11.4 Å². The zero-order valence-electron chi connectivity index (χ0n) is 10.3. The Hall–Kier alpha value is -2.56. The Morgan fingerprint density at radius 2 is 2.11 bits per heavy atom. The van der Waals surface area contributed by atoms with Crippen molar-refractivity contribution in [3.05, 3.63) is 47.9 Å². The largest absolute Gasteiger partial charge is 0.469 e. The molecule has 0 saturated heterocycles. The average Bonchev–Trinajstić information content (AvgIpc) is 2.83. The fourth-order valence-electron chi connectivity index (χ4n) is 2.17. The molecule has 1 aliphatic heterocycles. The molecule has 5 nitrogen and oxygen atoms in total. The number of fused-ring (bicyclic) bond motifs is 1. The number of rotatable bonds is 1. The number of nitrogens with one attached hydrogen (secondary N) is 1. The summed E-state index contributed by atoms with van der Waals surface area (Å²) in [5.41, 5.74) is 1.82. The highest BCUT2D eigenvalue weighted by molar-refractivity contribution is 6.15. The number of carbonyl (C=O) groups is 2. The SMILES string of the molecule is Cc1occc1C(=O)N1CC(=O)Nc2ccccc21. The predicted octanol–water partition coefficient (Wildman–Crippen LogP) is 2.19. The molecule has 2 amide bonds. The van der Waals surface area contributed by atoms with E-state index in [9.17, 15) is 9.59 Å². The normalized spacial score (nSPS) is 13.9. The zero-order valence-corrected chi connectivity index (χ0v) is 10.3. The van der Waals surface area contributed by atoms with E-state index in [-0.39, 0.29) is 18.4 Å². The molecular weight excluding hydrogens is 244 g/mol. The van der Waals surface area contributed by atoms with Gasteiger partial charge in [0.25, 0.3) is 5.91 Å². The van der Waals surface area contributed by atoms with Gasteiger partial charge in [-0.05, 0) is 25.1 Å². The first-order valence-electron chi connectivity index (χ1n) is 5.91. The van der Waals surface area contributed by atoms with Crippen molar-refractivity contribution in [3.63, 3.8) is 0 Å². The minimum atomic E-state index is -0.228. The Morgan fingerprint density at radius 1 is 1.32 bits per heavy atom. The van der Waals surface area contributed by atoms with Gasteiger partial charge >= 0.3 is 0 Å². The summed E-state index contributed by atoms with van der Waals surface area (Å²) in [6, 6.07) is 8.85. The van der Waals surface area contributed by atoms with Crippen LogP contribution in [0.15, 0.2) is 41.0 Å². The number of anilines is 2. The van der Waals surface area contributed by atoms with Gasteiger partial charge in [0.2, 0.25) is 5.91 Å². The number of hydrogen-bond donors (Lipinski definition) is 1. The highest BCUT2D eigenvalue weighted by Crippen LogP contribution is 2.30. The van der Waals surface area contributed by atoms with Crippen LogP contribution in [0, 0.1) is 6.92 Å². The smallest absolute Gasteiger partial charge is 0.262 e. The van der Waals surface area contributed by atoms with Crippen LogP contribution < -0.4 is 10.2 Å². The molecule has 2 aromatic rings. The molecule has 0 spiro atoms. The van der Waals surface area contributed by atoms with Crippen molar-refractivity contribution in [3.8, 4) is 0 Å². The lowest BCUT2D eigenvalue weighted by Crippen LogP contribution is -2.42. The lowest BCUT2D eigenvalue weighted by molar-refractivity contribution is -0.115. The Labute approximate surface area is 109 Å². The molecule has 0 radical (unpaired) electrons. The van der Waals surface area contributed by atoms with Crippen LogP contribution in [0.25, 0.3) is 0 Å². The van der Waals surface area contributed by atoms with Crippen molar-refractivity contribution in [2.45, 2.75) is 6.92 Å². The van der Waals surface area contributed by atoms with Crippen molar-refractivity contribution in [2.75, 3.05) is 16.8 Å². The zero-order chi connectivity index (χ0) is 13.4. The van der Waals surface area contributed by atoms with E-state index in [1.807, 2.05) is 18.2 Å². The first-order valence-corrected chi connectivity index (χ1v) is 5.91. The molecule has 0 aliphatic carbocycles. The molecule has 1 aromatic carbocycles. The quantitative estimate of drug-likeness (QED) is 0.850. The van der Waals surface area contributed by atoms with E-state index in [2.05, 4.69) is 5.32 Å². The van der Waals surface area contributed by atoms with Crippen LogP contribution in [0.3, 0.4) is 0 Å². The summed E-state index contributed by atoms with van der Waals surface area (Å²) in [5, 5.41) is 2.75. The van der Waals surface area contributed by atoms with E-state index in [4.69, 9.17) is 4.42 Å². The third-order valence-electron chi connectivity index (χ3n) is 3.11. The summed E-state index contributed by atoms with van der Waals surface area (Å²) in [4.78, 5) is 25.6. The van der Waals surface area contributed by atoms with Crippen molar-refractivity contribution < 1.29 is 14.0 Å². The van der Waals surface area contributed by atoms with E-state index in [0.29, 0.717) is 22.7 Å². The number of hydrogen-bond acceptors (Lipinski definition) is 3. The molecule has 1 aromatic heterocycles. The first-order chi connectivity index (χ1) is 9.16. The highest BCUT2D eigenvalue weighted by Gasteiger charge is 2.28. The predicted molar refractivity (Wildman–Crippen MR) is 70.2 cm³/mol. The monoisotopic (exact) mass is 256 g/mol. The number of para-hydroxylation sites is 2. The standard InChI is InChI=1S/C14H12N2O3/c1-9-10(6-7-19-9)14(18)16-8-13(17)15-11-4-2-3-5-12(11)16/h2-7H,8H2,1H3,(H,15,17). The van der Waals surface area contributed by atoms with Crippen LogP contribution >= 0.6 is 0 Å². The number of carbonyl (C=O) groups excluding carboxylic acids is 2. The fraction of sp³-hybridized carbons (Fsp3) is 0.143. The third kappa shape index (κ3) is 1.89. The summed E-state index contributed by atoms with van der Waals surface area (Å²) in [6.45, 7) is 1.74. The maximum absolute atomic E-state index is 12.5. The van der Waals surface area contributed by atoms with E-state index >= 15 is 0 Å². The van der Waals surface area contributed by atoms with Crippen molar-refractivity contribution >= 4 is 23.2 Å². The Morgan fingerprint density at radius 3 is 2.84 bits per heavy atom. The van der Waals surface area contributed by atoms with Gasteiger partial charge in [-0.15, -0.1) is 0 Å². The van der Waals surface area contributed by atoms with E-state index in [1.54, 1.807) is 19.1 Å². The lowest BCUT2D eigenvalue weighted by atomic mass is 10.1. The number of furan rings is 1. The molecule has 0 fully saturated rings. The fourth-order valence-corrected chi connectivity index (χ4v) is 2.17. The number of nitrogens with zero attached hydrogens (tertiary/aromatic N) is 1. The van der Waals surface area contributed by atoms with E-state index < -0.39 is 0 Å². The van der Waals surface area contributed by atoms with Gasteiger partial charge in [-0.3, -0.25) is 14.5 Å². The van der Waals surface area contributed by atoms with Gasteiger partial charge in [-0.2, -0.15) is 0 Å². The summed E-state index contributed by atoms with van der Waals surface area (Å²) in [6.07, 6.45) is 1.47. The third-order valence-corrected chi connectivity index (χ3v) is 3.11. The van der Waals surface area contributed by atoms with Crippen LogP contribution in [-0.2, 0) is 4.79 Å². The molecule has 0 bridgehead atoms. The number of amides is 2. The molecule has 1 N–H and O–H groups in total. The Kier molecular flexibility index (Phi) is 2.59. The topological polar surface area (TPSA) is 62.6 Å². The van der Waals surface area contributed by atoms with Crippen molar-refractivity contribution in [1.82, 2.24) is 0 Å². The van der Waals surface area contributed by atoms with E-state index in [1.165, 1.54) is 11.2 Å². The number of benzene rings is 1. The van der Waals surface area contributed by atoms with Crippen LogP contribution in [-0.4, -0.2) is 18.4 Å². The second-order valence-electron chi connectivity index (χ2n) is 4.35. The first kappa shape index (κ1) is 11.5. The van der Waals surface area contributed by atoms with Crippen molar-refractivity contribution in [2.24, 2.45) is 0 Å².